The topological polar surface area (TPSA) is 85.9 Å². The summed E-state index contributed by atoms with van der Waals surface area (Å²) in [6.07, 6.45) is 5.66. The van der Waals surface area contributed by atoms with Crippen molar-refractivity contribution in [3.8, 4) is 5.75 Å². The van der Waals surface area contributed by atoms with Crippen LogP contribution in [0.15, 0.2) is 53.9 Å². The van der Waals surface area contributed by atoms with E-state index < -0.39 is 10.1 Å². The number of benzene rings is 1. The van der Waals surface area contributed by atoms with Gasteiger partial charge in [0.1, 0.15) is 18.0 Å². The number of nitrogens with zero attached hydrogens (tertiary/aromatic N) is 3. The molecule has 1 aromatic carbocycles. The summed E-state index contributed by atoms with van der Waals surface area (Å²) >= 11 is 0. The van der Waals surface area contributed by atoms with Gasteiger partial charge in [-0.15, -0.1) is 0 Å². The molecule has 0 spiro atoms. The largest absolute Gasteiger partial charge is 0.748 e. The van der Waals surface area contributed by atoms with Crippen LogP contribution in [-0.2, 0) is 16.7 Å². The highest BCUT2D eigenvalue weighted by Crippen LogP contribution is 2.26. The molecule has 0 unspecified atom stereocenters. The number of anilines is 1. The third kappa shape index (κ3) is 6.17. The van der Waals surface area contributed by atoms with Crippen LogP contribution in [0.2, 0.25) is 0 Å². The number of pyridine rings is 1. The fraction of sp³-hybridized carbons (Fsp3) is 0.294. The molecule has 8 heteroatoms. The fourth-order valence-corrected chi connectivity index (χ4v) is 2.72. The fourth-order valence-electron chi connectivity index (χ4n) is 2.24. The minimum atomic E-state index is -4.15. The first-order chi connectivity index (χ1) is 11.9. The monoisotopic (exact) mass is 363 g/mol. The predicted octanol–water partition coefficient (Wildman–Crippen LogP) is 1.39. The molecule has 1 heterocycles. The quantitative estimate of drug-likeness (QED) is 0.306. The first kappa shape index (κ1) is 18.9. The predicted molar refractivity (Wildman–Crippen MR) is 94.8 cm³/mol. The summed E-state index contributed by atoms with van der Waals surface area (Å²) in [5.41, 5.74) is 1.75. The molecule has 0 fully saturated rings. The molecule has 1 aromatic heterocycles. The summed E-state index contributed by atoms with van der Waals surface area (Å²) in [5.74, 6) is 0.383. The van der Waals surface area contributed by atoms with Crippen molar-refractivity contribution in [3.05, 3.63) is 54.4 Å². The highest BCUT2D eigenvalue weighted by molar-refractivity contribution is 7.85. The summed E-state index contributed by atoms with van der Waals surface area (Å²) in [6.45, 7) is 0.472. The zero-order valence-electron chi connectivity index (χ0n) is 14.2. The van der Waals surface area contributed by atoms with E-state index in [2.05, 4.69) is 5.10 Å². The Kier molecular flexibility index (Phi) is 6.49. The summed E-state index contributed by atoms with van der Waals surface area (Å²) in [7, 11) is -0.703. The summed E-state index contributed by atoms with van der Waals surface area (Å²) < 4.78 is 38.9. The van der Waals surface area contributed by atoms with Gasteiger partial charge in [-0.3, -0.25) is 5.01 Å². The summed E-state index contributed by atoms with van der Waals surface area (Å²) in [4.78, 5) is 0. The lowest BCUT2D eigenvalue weighted by molar-refractivity contribution is -0.696. The lowest BCUT2D eigenvalue weighted by Gasteiger charge is -2.15. The highest BCUT2D eigenvalue weighted by Gasteiger charge is 2.06. The molecule has 0 aliphatic rings. The molecule has 7 nitrogen and oxygen atoms in total. The number of hydrazone groups is 1. The summed E-state index contributed by atoms with van der Waals surface area (Å²) in [6, 6.07) is 11.3. The molecular formula is C17H21N3O4S. The molecule has 0 bridgehead atoms. The van der Waals surface area contributed by atoms with Crippen LogP contribution in [0, 0.1) is 0 Å². The molecule has 134 valence electrons. The van der Waals surface area contributed by atoms with Crippen molar-refractivity contribution in [2.45, 2.75) is 13.0 Å². The lowest BCUT2D eigenvalue weighted by Crippen LogP contribution is -2.33. The van der Waals surface area contributed by atoms with Crippen LogP contribution in [0.4, 0.5) is 5.69 Å². The highest BCUT2D eigenvalue weighted by atomic mass is 32.2. The summed E-state index contributed by atoms with van der Waals surface area (Å²) in [5, 5.41) is 6.12. The number of aromatic nitrogens is 1. The van der Waals surface area contributed by atoms with E-state index in [9.17, 15) is 13.0 Å². The third-order valence-electron chi connectivity index (χ3n) is 3.54. The molecule has 0 amide bonds. The molecule has 0 atom stereocenters. The van der Waals surface area contributed by atoms with Crippen molar-refractivity contribution in [1.82, 2.24) is 0 Å². The van der Waals surface area contributed by atoms with E-state index >= 15 is 0 Å². The molecule has 25 heavy (non-hydrogen) atoms. The Morgan fingerprint density at radius 1 is 1.24 bits per heavy atom. The first-order valence-corrected chi connectivity index (χ1v) is 9.30. The van der Waals surface area contributed by atoms with Gasteiger partial charge < -0.3 is 9.29 Å². The van der Waals surface area contributed by atoms with E-state index in [0.717, 1.165) is 17.0 Å². The molecular weight excluding hydrogens is 342 g/mol. The molecule has 2 aromatic rings. The van der Waals surface area contributed by atoms with Gasteiger partial charge >= 0.3 is 0 Å². The Labute approximate surface area is 147 Å². The molecule has 0 saturated carbocycles. The number of aryl methyl sites for hydroxylation is 1. The molecule has 0 aliphatic carbocycles. The standard InChI is InChI=1S/C17H21N3O4S/c1-19(16-6-3-4-7-17(16)24-2)18-14-15-8-11-20(12-9-15)10-5-13-25(21,22)23/h3-4,6-9,11-12,14H,5,10,13H2,1-2H3. The van der Waals surface area contributed by atoms with Crippen molar-refractivity contribution in [3.63, 3.8) is 0 Å². The lowest BCUT2D eigenvalue weighted by atomic mass is 10.3. The third-order valence-corrected chi connectivity index (χ3v) is 4.33. The Hall–Kier alpha value is -2.45. The van der Waals surface area contributed by atoms with Crippen LogP contribution in [0.1, 0.15) is 12.0 Å². The minimum absolute atomic E-state index is 0.292. The zero-order valence-corrected chi connectivity index (χ0v) is 15.0. The Morgan fingerprint density at radius 3 is 2.56 bits per heavy atom. The average molecular weight is 363 g/mol. The van der Waals surface area contributed by atoms with Gasteiger partial charge in [-0.05, 0) is 12.1 Å². The van der Waals surface area contributed by atoms with Crippen molar-refractivity contribution in [2.75, 3.05) is 24.9 Å². The van der Waals surface area contributed by atoms with Crippen molar-refractivity contribution < 1.29 is 22.3 Å². The van der Waals surface area contributed by atoms with E-state index in [0.29, 0.717) is 13.0 Å². The van der Waals surface area contributed by atoms with E-state index in [1.807, 2.05) is 60.4 Å². The zero-order chi connectivity index (χ0) is 18.3. The van der Waals surface area contributed by atoms with Crippen molar-refractivity contribution in [1.29, 1.82) is 0 Å². The number of para-hydroxylation sites is 2. The second-order valence-corrected chi connectivity index (χ2v) is 6.95. The van der Waals surface area contributed by atoms with Gasteiger partial charge in [0.15, 0.2) is 12.4 Å². The number of hydrogen-bond donors (Lipinski definition) is 0. The second kappa shape index (κ2) is 8.59. The average Bonchev–Trinajstić information content (AvgIpc) is 2.59. The van der Waals surface area contributed by atoms with Crippen LogP contribution in [0.25, 0.3) is 0 Å². The van der Waals surface area contributed by atoms with Gasteiger partial charge in [-0.25, -0.2) is 13.0 Å². The Balaban J connectivity index is 1.97. The number of ether oxygens (including phenoxy) is 1. The smallest absolute Gasteiger partial charge is 0.169 e. The van der Waals surface area contributed by atoms with Crippen molar-refractivity contribution in [2.24, 2.45) is 5.10 Å². The van der Waals surface area contributed by atoms with Crippen LogP contribution in [0.5, 0.6) is 5.75 Å². The van der Waals surface area contributed by atoms with Gasteiger partial charge in [0, 0.05) is 36.9 Å². The van der Waals surface area contributed by atoms with E-state index in [4.69, 9.17) is 4.74 Å². The van der Waals surface area contributed by atoms with Crippen LogP contribution in [-0.4, -0.2) is 39.1 Å². The normalized spacial score (nSPS) is 11.6. The SMILES string of the molecule is COc1ccccc1N(C)N=Cc1cc[n+](CCCS(=O)(=O)[O-])cc1. The molecule has 0 radical (unpaired) electrons. The van der Waals surface area contributed by atoms with E-state index in [-0.39, 0.29) is 5.75 Å². The van der Waals surface area contributed by atoms with Gasteiger partial charge in [-0.2, -0.15) is 5.10 Å². The molecule has 0 aliphatic heterocycles. The van der Waals surface area contributed by atoms with Crippen LogP contribution < -0.4 is 14.3 Å². The first-order valence-electron chi connectivity index (χ1n) is 7.72. The minimum Gasteiger partial charge on any atom is -0.748 e. The van der Waals surface area contributed by atoms with Gasteiger partial charge in [0.2, 0.25) is 0 Å². The van der Waals surface area contributed by atoms with Gasteiger partial charge in [0.25, 0.3) is 0 Å². The number of methoxy groups -OCH3 is 1. The van der Waals surface area contributed by atoms with Gasteiger partial charge in [-0.1, -0.05) is 12.1 Å². The maximum absolute atomic E-state index is 10.6. The van der Waals surface area contributed by atoms with Crippen molar-refractivity contribution >= 4 is 22.0 Å². The van der Waals surface area contributed by atoms with Crippen LogP contribution in [0.3, 0.4) is 0 Å². The maximum Gasteiger partial charge on any atom is 0.169 e. The molecule has 2 rings (SSSR count). The number of rotatable bonds is 8. The van der Waals surface area contributed by atoms with E-state index in [1.165, 1.54) is 0 Å². The van der Waals surface area contributed by atoms with Crippen LogP contribution >= 0.6 is 0 Å². The van der Waals surface area contributed by atoms with Gasteiger partial charge in [0.05, 0.1) is 23.4 Å². The number of hydrogen-bond acceptors (Lipinski definition) is 6. The Bertz CT molecular complexity index is 820. The Morgan fingerprint density at radius 2 is 1.92 bits per heavy atom. The second-order valence-electron chi connectivity index (χ2n) is 5.42. The maximum atomic E-state index is 10.6. The van der Waals surface area contributed by atoms with E-state index in [1.54, 1.807) is 18.3 Å². The molecule has 0 N–H and O–H groups in total. The molecule has 0 saturated heterocycles.